The summed E-state index contributed by atoms with van der Waals surface area (Å²) in [7, 11) is -7.56. The molecular weight excluding hydrogens is 464 g/mol. The minimum absolute atomic E-state index is 0.0420. The second kappa shape index (κ2) is 10.7. The topological polar surface area (TPSA) is 179 Å². The van der Waals surface area contributed by atoms with E-state index in [1.54, 1.807) is 0 Å². The highest BCUT2D eigenvalue weighted by Gasteiger charge is 2.10. The zero-order valence-corrected chi connectivity index (χ0v) is 18.7. The Kier molecular flexibility index (Phi) is 8.59. The molecule has 0 aromatic heterocycles. The van der Waals surface area contributed by atoms with Gasteiger partial charge in [0, 0.05) is 35.7 Å². The van der Waals surface area contributed by atoms with E-state index >= 15 is 0 Å². The third-order valence-corrected chi connectivity index (χ3v) is 6.72. The molecular formula is C18H22N4O6S3. The van der Waals surface area contributed by atoms with Crippen LogP contribution in [0.3, 0.4) is 0 Å². The number of nitrogens with two attached hydrogens (primary N) is 2. The quantitative estimate of drug-likeness (QED) is 0.363. The Balaban J connectivity index is 1.66. The van der Waals surface area contributed by atoms with Crippen molar-refractivity contribution in [3.63, 3.8) is 0 Å². The van der Waals surface area contributed by atoms with Gasteiger partial charge in [-0.3, -0.25) is 9.59 Å². The lowest BCUT2D eigenvalue weighted by Crippen LogP contribution is -2.15. The Labute approximate surface area is 184 Å². The van der Waals surface area contributed by atoms with Crippen molar-refractivity contribution in [3.05, 3.63) is 48.5 Å². The number of rotatable bonds is 10. The number of thioether (sulfide) groups is 1. The van der Waals surface area contributed by atoms with Crippen LogP contribution in [0.1, 0.15) is 12.8 Å². The molecule has 2 aromatic rings. The van der Waals surface area contributed by atoms with Gasteiger partial charge in [0.1, 0.15) is 0 Å². The number of sulfonamides is 2. The highest BCUT2D eigenvalue weighted by molar-refractivity contribution is 7.99. The number of carbonyl (C=O) groups is 2. The van der Waals surface area contributed by atoms with Gasteiger partial charge < -0.3 is 10.6 Å². The van der Waals surface area contributed by atoms with Crippen LogP contribution in [0.2, 0.25) is 0 Å². The molecule has 13 heteroatoms. The highest BCUT2D eigenvalue weighted by atomic mass is 32.2. The number of anilines is 2. The van der Waals surface area contributed by atoms with Crippen LogP contribution >= 0.6 is 11.8 Å². The maximum absolute atomic E-state index is 11.9. The van der Waals surface area contributed by atoms with E-state index in [1.807, 2.05) is 0 Å². The summed E-state index contributed by atoms with van der Waals surface area (Å²) in [5, 5.41) is 15.3. The lowest BCUT2D eigenvalue weighted by molar-refractivity contribution is -0.116. The fourth-order valence-corrected chi connectivity index (χ4v) is 4.23. The standard InChI is InChI=1S/C18H22N4O6S3/c19-30(25,26)15-5-1-13(2-6-15)21-17(23)9-11-29-12-10-18(24)22-14-3-7-16(8-4-14)31(20,27)28/h1-8H,9-12H2,(H,21,23)(H,22,24)(H2,19,25,26)(H2,20,27,28). The van der Waals surface area contributed by atoms with Crippen molar-refractivity contribution in [2.75, 3.05) is 22.1 Å². The van der Waals surface area contributed by atoms with Gasteiger partial charge in [-0.25, -0.2) is 27.1 Å². The smallest absolute Gasteiger partial charge is 0.238 e. The third-order valence-electron chi connectivity index (χ3n) is 3.88. The number of hydrogen-bond donors (Lipinski definition) is 4. The van der Waals surface area contributed by atoms with Crippen molar-refractivity contribution in [1.29, 1.82) is 0 Å². The molecule has 0 atom stereocenters. The molecule has 168 valence electrons. The minimum atomic E-state index is -3.78. The Hall–Kier alpha value is -2.45. The summed E-state index contributed by atoms with van der Waals surface area (Å²) in [6.45, 7) is 0. The molecule has 0 bridgehead atoms. The zero-order valence-electron chi connectivity index (χ0n) is 16.3. The van der Waals surface area contributed by atoms with Crippen molar-refractivity contribution in [1.82, 2.24) is 0 Å². The molecule has 2 rings (SSSR count). The zero-order chi connectivity index (χ0) is 23.1. The molecule has 0 spiro atoms. The van der Waals surface area contributed by atoms with Crippen LogP contribution < -0.4 is 20.9 Å². The number of benzene rings is 2. The second-order valence-electron chi connectivity index (χ2n) is 6.35. The van der Waals surface area contributed by atoms with E-state index in [0.29, 0.717) is 22.9 Å². The molecule has 2 amide bonds. The van der Waals surface area contributed by atoms with E-state index in [1.165, 1.54) is 60.3 Å². The van der Waals surface area contributed by atoms with Gasteiger partial charge in [0.15, 0.2) is 0 Å². The maximum Gasteiger partial charge on any atom is 0.238 e. The van der Waals surface area contributed by atoms with Gasteiger partial charge in [-0.1, -0.05) is 0 Å². The summed E-state index contributed by atoms with van der Waals surface area (Å²) < 4.78 is 44.8. The van der Waals surface area contributed by atoms with Crippen LogP contribution in [0.25, 0.3) is 0 Å². The van der Waals surface area contributed by atoms with Crippen molar-refractivity contribution in [2.24, 2.45) is 10.3 Å². The third kappa shape index (κ3) is 8.67. The number of nitrogens with one attached hydrogen (secondary N) is 2. The molecule has 10 nitrogen and oxygen atoms in total. The molecule has 31 heavy (non-hydrogen) atoms. The first-order chi connectivity index (χ1) is 14.4. The molecule has 0 aliphatic rings. The van der Waals surface area contributed by atoms with Gasteiger partial charge in [0.05, 0.1) is 9.79 Å². The molecule has 0 fully saturated rings. The number of primary sulfonamides is 2. The summed E-state index contributed by atoms with van der Waals surface area (Å²) in [6, 6.07) is 11.0. The van der Waals surface area contributed by atoms with Gasteiger partial charge in [-0.2, -0.15) is 11.8 Å². The normalized spacial score (nSPS) is 11.7. The fraction of sp³-hybridized carbons (Fsp3) is 0.222. The fourth-order valence-electron chi connectivity index (χ4n) is 2.33. The van der Waals surface area contributed by atoms with Crippen LogP contribution in [-0.2, 0) is 29.6 Å². The van der Waals surface area contributed by atoms with Crippen molar-refractivity contribution in [3.8, 4) is 0 Å². The molecule has 0 saturated heterocycles. The summed E-state index contributed by atoms with van der Waals surface area (Å²) in [5.41, 5.74) is 0.908. The van der Waals surface area contributed by atoms with Gasteiger partial charge >= 0.3 is 0 Å². The number of hydrogen-bond acceptors (Lipinski definition) is 7. The molecule has 0 heterocycles. The predicted octanol–water partition coefficient (Wildman–Crippen LogP) is 1.07. The van der Waals surface area contributed by atoms with E-state index in [2.05, 4.69) is 10.6 Å². The lowest BCUT2D eigenvalue weighted by Gasteiger charge is -2.07. The van der Waals surface area contributed by atoms with Crippen molar-refractivity contribution in [2.45, 2.75) is 22.6 Å². The largest absolute Gasteiger partial charge is 0.326 e. The van der Waals surface area contributed by atoms with Crippen LogP contribution in [0.4, 0.5) is 11.4 Å². The van der Waals surface area contributed by atoms with E-state index in [4.69, 9.17) is 10.3 Å². The van der Waals surface area contributed by atoms with Crippen LogP contribution in [-0.4, -0.2) is 40.2 Å². The lowest BCUT2D eigenvalue weighted by atomic mass is 10.3. The average Bonchev–Trinajstić information content (AvgIpc) is 2.67. The van der Waals surface area contributed by atoms with Crippen LogP contribution in [0.5, 0.6) is 0 Å². The Morgan fingerprint density at radius 1 is 0.677 bits per heavy atom. The van der Waals surface area contributed by atoms with E-state index < -0.39 is 20.0 Å². The summed E-state index contributed by atoms with van der Waals surface area (Å²) >= 11 is 1.43. The van der Waals surface area contributed by atoms with Gasteiger partial charge in [-0.15, -0.1) is 0 Å². The van der Waals surface area contributed by atoms with Gasteiger partial charge in [0.2, 0.25) is 31.9 Å². The summed E-state index contributed by atoms with van der Waals surface area (Å²) in [5.74, 6) is 0.514. The molecule has 0 radical (unpaired) electrons. The molecule has 6 N–H and O–H groups in total. The molecule has 0 unspecified atom stereocenters. The van der Waals surface area contributed by atoms with E-state index in [0.717, 1.165) is 0 Å². The maximum atomic E-state index is 11.9. The number of carbonyl (C=O) groups excluding carboxylic acids is 2. The van der Waals surface area contributed by atoms with Crippen LogP contribution in [0.15, 0.2) is 58.3 Å². The molecule has 0 aliphatic heterocycles. The highest BCUT2D eigenvalue weighted by Crippen LogP contribution is 2.15. The first-order valence-corrected chi connectivity index (χ1v) is 13.1. The van der Waals surface area contributed by atoms with Gasteiger partial charge in [-0.05, 0) is 48.5 Å². The molecule has 2 aromatic carbocycles. The van der Waals surface area contributed by atoms with Crippen molar-refractivity contribution >= 4 is 55.0 Å². The molecule has 0 saturated carbocycles. The Morgan fingerprint density at radius 2 is 1.00 bits per heavy atom. The summed E-state index contributed by atoms with van der Waals surface area (Å²) in [4.78, 5) is 23.8. The van der Waals surface area contributed by atoms with E-state index in [9.17, 15) is 26.4 Å². The van der Waals surface area contributed by atoms with E-state index in [-0.39, 0.29) is 34.4 Å². The number of amides is 2. The monoisotopic (exact) mass is 486 g/mol. The second-order valence-corrected chi connectivity index (χ2v) is 10.7. The molecule has 0 aliphatic carbocycles. The first-order valence-electron chi connectivity index (χ1n) is 8.88. The summed E-state index contributed by atoms with van der Waals surface area (Å²) in [6.07, 6.45) is 0.441. The average molecular weight is 487 g/mol. The minimum Gasteiger partial charge on any atom is -0.326 e. The van der Waals surface area contributed by atoms with Crippen molar-refractivity contribution < 1.29 is 26.4 Å². The Bertz CT molecular complexity index is 1040. The first kappa shape index (κ1) is 24.8. The van der Waals surface area contributed by atoms with Crippen LogP contribution in [0, 0.1) is 0 Å². The predicted molar refractivity (Wildman–Crippen MR) is 119 cm³/mol. The SMILES string of the molecule is NS(=O)(=O)c1ccc(NC(=O)CCSCCC(=O)Nc2ccc(S(N)(=O)=O)cc2)cc1. The van der Waals surface area contributed by atoms with Gasteiger partial charge in [0.25, 0.3) is 0 Å². The Morgan fingerprint density at radius 3 is 1.29 bits per heavy atom.